The van der Waals surface area contributed by atoms with E-state index in [1.807, 2.05) is 0 Å². The first kappa shape index (κ1) is 12.2. The number of rotatable bonds is 2. The third-order valence-corrected chi connectivity index (χ3v) is 4.75. The fraction of sp³-hybridized carbons (Fsp3) is 0.867. The van der Waals surface area contributed by atoms with Gasteiger partial charge in [0.2, 0.25) is 0 Å². The van der Waals surface area contributed by atoms with Crippen molar-refractivity contribution in [3.8, 4) is 0 Å². The summed E-state index contributed by atoms with van der Waals surface area (Å²) in [6.07, 6.45) is 11.0. The second-order valence-corrected chi connectivity index (χ2v) is 6.13. The van der Waals surface area contributed by atoms with Crippen LogP contribution in [0.1, 0.15) is 65.2 Å². The molecule has 0 spiro atoms. The van der Waals surface area contributed by atoms with Gasteiger partial charge in [-0.15, -0.1) is 0 Å². The predicted molar refractivity (Wildman–Crippen MR) is 70.6 cm³/mol. The lowest BCUT2D eigenvalue weighted by Crippen LogP contribution is -2.52. The molecule has 1 N–H and O–H groups in total. The van der Waals surface area contributed by atoms with Gasteiger partial charge in [0.25, 0.3) is 0 Å². The van der Waals surface area contributed by atoms with Crippen LogP contribution in [0, 0.1) is 5.92 Å². The SMILES string of the molecule is C=C1C(C)CCCC1(C)NC1CCCCC1. The van der Waals surface area contributed by atoms with Gasteiger partial charge in [0.05, 0.1) is 0 Å². The maximum absolute atomic E-state index is 4.35. The van der Waals surface area contributed by atoms with Crippen molar-refractivity contribution in [1.82, 2.24) is 5.32 Å². The maximum atomic E-state index is 4.35. The number of hydrogen-bond donors (Lipinski definition) is 1. The lowest BCUT2D eigenvalue weighted by Gasteiger charge is -2.43. The van der Waals surface area contributed by atoms with Gasteiger partial charge >= 0.3 is 0 Å². The second kappa shape index (κ2) is 4.91. The molecule has 0 aromatic carbocycles. The summed E-state index contributed by atoms with van der Waals surface area (Å²) >= 11 is 0. The summed E-state index contributed by atoms with van der Waals surface area (Å²) < 4.78 is 0. The Labute approximate surface area is 101 Å². The van der Waals surface area contributed by atoms with Crippen LogP contribution in [0.4, 0.5) is 0 Å². The molecule has 1 nitrogen and oxygen atoms in total. The lowest BCUT2D eigenvalue weighted by atomic mass is 9.73. The Kier molecular flexibility index (Phi) is 3.73. The fourth-order valence-corrected chi connectivity index (χ4v) is 3.50. The highest BCUT2D eigenvalue weighted by molar-refractivity contribution is 5.20. The predicted octanol–water partition coefficient (Wildman–Crippen LogP) is 4.04. The summed E-state index contributed by atoms with van der Waals surface area (Å²) in [4.78, 5) is 0. The Morgan fingerprint density at radius 2 is 1.81 bits per heavy atom. The van der Waals surface area contributed by atoms with E-state index in [0.29, 0.717) is 5.92 Å². The first-order valence-electron chi connectivity index (χ1n) is 7.09. The molecule has 0 bridgehead atoms. The first-order valence-corrected chi connectivity index (χ1v) is 7.09. The maximum Gasteiger partial charge on any atom is 0.0367 e. The van der Waals surface area contributed by atoms with Crippen LogP contribution in [0.25, 0.3) is 0 Å². The van der Waals surface area contributed by atoms with E-state index in [4.69, 9.17) is 0 Å². The minimum absolute atomic E-state index is 0.222. The van der Waals surface area contributed by atoms with Crippen LogP contribution in [0.3, 0.4) is 0 Å². The Bertz CT molecular complexity index is 252. The third-order valence-electron chi connectivity index (χ3n) is 4.75. The summed E-state index contributed by atoms with van der Waals surface area (Å²) in [5, 5.41) is 3.91. The molecule has 2 unspecified atom stereocenters. The molecule has 0 aliphatic heterocycles. The molecule has 2 atom stereocenters. The van der Waals surface area contributed by atoms with Gasteiger partial charge in [0.15, 0.2) is 0 Å². The molecule has 0 saturated heterocycles. The molecule has 0 aromatic rings. The topological polar surface area (TPSA) is 12.0 Å². The van der Waals surface area contributed by atoms with Crippen molar-refractivity contribution >= 4 is 0 Å². The molecule has 2 saturated carbocycles. The highest BCUT2D eigenvalue weighted by Crippen LogP contribution is 2.37. The van der Waals surface area contributed by atoms with Gasteiger partial charge in [-0.1, -0.05) is 44.8 Å². The van der Waals surface area contributed by atoms with Crippen molar-refractivity contribution in [3.63, 3.8) is 0 Å². The molecule has 2 fully saturated rings. The normalized spacial score (nSPS) is 37.6. The minimum Gasteiger partial charge on any atom is -0.305 e. The van der Waals surface area contributed by atoms with Crippen molar-refractivity contribution in [3.05, 3.63) is 12.2 Å². The smallest absolute Gasteiger partial charge is 0.0367 e. The molecule has 16 heavy (non-hydrogen) atoms. The van der Waals surface area contributed by atoms with Crippen LogP contribution in [0.2, 0.25) is 0 Å². The molecule has 0 radical (unpaired) electrons. The molecule has 2 rings (SSSR count). The molecular formula is C15H27N. The van der Waals surface area contributed by atoms with Crippen molar-refractivity contribution < 1.29 is 0 Å². The molecule has 2 aliphatic rings. The Hall–Kier alpha value is -0.300. The van der Waals surface area contributed by atoms with Gasteiger partial charge in [-0.3, -0.25) is 0 Å². The standard InChI is InChI=1S/C15H27N/c1-12-8-7-11-15(3,13(12)2)16-14-9-5-4-6-10-14/h12,14,16H,2,4-11H2,1,3H3. The average molecular weight is 221 g/mol. The summed E-state index contributed by atoms with van der Waals surface area (Å²) in [5.74, 6) is 0.704. The summed E-state index contributed by atoms with van der Waals surface area (Å²) in [6.45, 7) is 9.06. The molecule has 92 valence electrons. The Morgan fingerprint density at radius 3 is 2.50 bits per heavy atom. The number of nitrogens with one attached hydrogen (secondary N) is 1. The highest BCUT2D eigenvalue weighted by Gasteiger charge is 2.35. The Morgan fingerprint density at radius 1 is 1.12 bits per heavy atom. The molecular weight excluding hydrogens is 194 g/mol. The lowest BCUT2D eigenvalue weighted by molar-refractivity contribution is 0.237. The molecule has 2 aliphatic carbocycles. The zero-order chi connectivity index (χ0) is 11.6. The minimum atomic E-state index is 0.222. The summed E-state index contributed by atoms with van der Waals surface area (Å²) in [6, 6.07) is 0.751. The largest absolute Gasteiger partial charge is 0.305 e. The molecule has 0 aromatic heterocycles. The van der Waals surface area contributed by atoms with Gasteiger partial charge in [-0.2, -0.15) is 0 Å². The van der Waals surface area contributed by atoms with E-state index < -0.39 is 0 Å². The van der Waals surface area contributed by atoms with Crippen molar-refractivity contribution in [1.29, 1.82) is 0 Å². The zero-order valence-corrected chi connectivity index (χ0v) is 11.0. The summed E-state index contributed by atoms with van der Waals surface area (Å²) in [7, 11) is 0. The van der Waals surface area contributed by atoms with E-state index >= 15 is 0 Å². The van der Waals surface area contributed by atoms with Gasteiger partial charge in [-0.05, 0) is 38.5 Å². The van der Waals surface area contributed by atoms with E-state index in [-0.39, 0.29) is 5.54 Å². The second-order valence-electron chi connectivity index (χ2n) is 6.13. The van der Waals surface area contributed by atoms with Crippen molar-refractivity contribution in [2.24, 2.45) is 5.92 Å². The van der Waals surface area contributed by atoms with Crippen LogP contribution in [-0.4, -0.2) is 11.6 Å². The highest BCUT2D eigenvalue weighted by atomic mass is 15.0. The van der Waals surface area contributed by atoms with Gasteiger partial charge < -0.3 is 5.32 Å². The van der Waals surface area contributed by atoms with Crippen LogP contribution in [-0.2, 0) is 0 Å². The van der Waals surface area contributed by atoms with Gasteiger partial charge in [0, 0.05) is 11.6 Å². The first-order chi connectivity index (χ1) is 7.62. The third kappa shape index (κ3) is 2.51. The molecule has 0 heterocycles. The van der Waals surface area contributed by atoms with Crippen LogP contribution < -0.4 is 5.32 Å². The van der Waals surface area contributed by atoms with Gasteiger partial charge in [0.1, 0.15) is 0 Å². The van der Waals surface area contributed by atoms with E-state index in [9.17, 15) is 0 Å². The van der Waals surface area contributed by atoms with Gasteiger partial charge in [-0.25, -0.2) is 0 Å². The average Bonchev–Trinajstić information content (AvgIpc) is 2.27. The molecule has 0 amide bonds. The van der Waals surface area contributed by atoms with Crippen LogP contribution in [0.15, 0.2) is 12.2 Å². The van der Waals surface area contributed by atoms with E-state index in [1.165, 1.54) is 56.9 Å². The van der Waals surface area contributed by atoms with E-state index in [1.54, 1.807) is 0 Å². The van der Waals surface area contributed by atoms with Crippen molar-refractivity contribution in [2.75, 3.05) is 0 Å². The van der Waals surface area contributed by atoms with Crippen LogP contribution in [0.5, 0.6) is 0 Å². The van der Waals surface area contributed by atoms with Crippen molar-refractivity contribution in [2.45, 2.75) is 76.8 Å². The van der Waals surface area contributed by atoms with E-state index in [0.717, 1.165) is 6.04 Å². The zero-order valence-electron chi connectivity index (χ0n) is 11.0. The Balaban J connectivity index is 1.97. The molecule has 1 heteroatoms. The summed E-state index contributed by atoms with van der Waals surface area (Å²) in [5.41, 5.74) is 1.67. The fourth-order valence-electron chi connectivity index (χ4n) is 3.50. The monoisotopic (exact) mass is 221 g/mol. The van der Waals surface area contributed by atoms with E-state index in [2.05, 4.69) is 25.7 Å². The number of hydrogen-bond acceptors (Lipinski definition) is 1. The quantitative estimate of drug-likeness (QED) is 0.694. The van der Waals surface area contributed by atoms with Crippen LogP contribution >= 0.6 is 0 Å².